The quantitative estimate of drug-likeness (QED) is 0.0277. The number of rotatable bonds is 33. The maximum atomic E-state index is 12.6. The Morgan fingerprint density at radius 2 is 0.864 bits per heavy atom. The molecule has 11 nitrogen and oxygen atoms in total. The molecule has 0 amide bonds. The van der Waals surface area contributed by atoms with Gasteiger partial charge in [-0.15, -0.1) is 0 Å². The third-order valence-corrected chi connectivity index (χ3v) is 10.8. The van der Waals surface area contributed by atoms with Gasteiger partial charge in [0, 0.05) is 26.4 Å². The number of hydrogen-bond acceptors (Lipinski definition) is 11. The van der Waals surface area contributed by atoms with Crippen LogP contribution in [0.5, 0.6) is 23.0 Å². The molecule has 0 bridgehead atoms. The third kappa shape index (κ3) is 25.9. The van der Waals surface area contributed by atoms with Gasteiger partial charge in [-0.1, -0.05) is 114 Å². The molecular weight excluding hydrogens is 837 g/mol. The molecule has 0 saturated heterocycles. The molecule has 11 heteroatoms. The SMILES string of the molecule is CC(=O)Oc1ccc2cc(OC(=O)c3ccc(OCCCCCCCCOC(=O)CCCCCO)cc3)ccc2c1.CCCCCCC(=O)OCCCCCCCCOc1ccc(C)cc1. The fourth-order valence-corrected chi connectivity index (χ4v) is 6.96. The lowest BCUT2D eigenvalue weighted by Gasteiger charge is -2.09. The van der Waals surface area contributed by atoms with E-state index in [1.54, 1.807) is 48.5 Å². The average molecular weight is 913 g/mol. The molecule has 66 heavy (non-hydrogen) atoms. The van der Waals surface area contributed by atoms with Gasteiger partial charge in [0.05, 0.1) is 32.0 Å². The van der Waals surface area contributed by atoms with Gasteiger partial charge in [0.25, 0.3) is 0 Å². The lowest BCUT2D eigenvalue weighted by atomic mass is 10.1. The molecule has 0 unspecified atom stereocenters. The van der Waals surface area contributed by atoms with Gasteiger partial charge in [-0.3, -0.25) is 14.4 Å². The van der Waals surface area contributed by atoms with E-state index in [-0.39, 0.29) is 24.5 Å². The molecule has 0 aliphatic rings. The zero-order valence-electron chi connectivity index (χ0n) is 40.0. The lowest BCUT2D eigenvalue weighted by molar-refractivity contribution is -0.144. The molecule has 0 aromatic heterocycles. The lowest BCUT2D eigenvalue weighted by Crippen LogP contribution is -2.08. The maximum Gasteiger partial charge on any atom is 0.343 e. The number of benzene rings is 4. The summed E-state index contributed by atoms with van der Waals surface area (Å²) in [4.78, 5) is 46.9. The van der Waals surface area contributed by atoms with Crippen molar-refractivity contribution in [3.63, 3.8) is 0 Å². The van der Waals surface area contributed by atoms with Gasteiger partial charge in [-0.2, -0.15) is 0 Å². The summed E-state index contributed by atoms with van der Waals surface area (Å²) in [5, 5.41) is 10.5. The number of esters is 4. The minimum atomic E-state index is -0.458. The first kappa shape index (κ1) is 54.9. The van der Waals surface area contributed by atoms with Crippen molar-refractivity contribution in [3.8, 4) is 23.0 Å². The van der Waals surface area contributed by atoms with Crippen LogP contribution in [0, 0.1) is 6.92 Å². The highest BCUT2D eigenvalue weighted by atomic mass is 16.5. The Morgan fingerprint density at radius 1 is 0.455 bits per heavy atom. The van der Waals surface area contributed by atoms with Crippen molar-refractivity contribution in [2.45, 2.75) is 156 Å². The summed E-state index contributed by atoms with van der Waals surface area (Å²) in [6.45, 7) is 8.24. The second-order valence-corrected chi connectivity index (χ2v) is 16.7. The van der Waals surface area contributed by atoms with Crippen molar-refractivity contribution in [2.24, 2.45) is 0 Å². The summed E-state index contributed by atoms with van der Waals surface area (Å²) in [5.74, 6) is 1.55. The molecule has 0 atom stereocenters. The summed E-state index contributed by atoms with van der Waals surface area (Å²) >= 11 is 0. The standard InChI is InChI=1S/C33H40O8.C22H36O3/c1-25(35)40-30-18-14-28-24-31(19-15-27(28)23-30)41-33(37)26-12-16-29(17-13-26)38-21-9-4-2-3-5-10-22-39-32(36)11-7-6-8-20-34;1-3-4-5-10-13-22(23)25-19-12-9-7-6-8-11-18-24-21-16-14-20(2)15-17-21/h12-19,23-24,34H,2-11,20-22H2,1H3;14-17H,3-13,18-19H2,1-2H3. The van der Waals surface area contributed by atoms with E-state index in [4.69, 9.17) is 33.5 Å². The van der Waals surface area contributed by atoms with Gasteiger partial charge in [-0.25, -0.2) is 4.79 Å². The van der Waals surface area contributed by atoms with Crippen LogP contribution in [-0.4, -0.2) is 62.0 Å². The Hall–Kier alpha value is -5.42. The van der Waals surface area contributed by atoms with Gasteiger partial charge < -0.3 is 33.5 Å². The zero-order valence-corrected chi connectivity index (χ0v) is 40.0. The van der Waals surface area contributed by atoms with Crippen LogP contribution in [0.15, 0.2) is 84.9 Å². The van der Waals surface area contributed by atoms with E-state index in [0.29, 0.717) is 55.5 Å². The Balaban J connectivity index is 0.000000396. The first-order valence-corrected chi connectivity index (χ1v) is 24.5. The molecule has 0 spiro atoms. The van der Waals surface area contributed by atoms with Crippen molar-refractivity contribution >= 4 is 34.6 Å². The number of aliphatic hydroxyl groups excluding tert-OH is 1. The van der Waals surface area contributed by atoms with E-state index in [1.165, 1.54) is 44.6 Å². The molecule has 0 aliphatic carbocycles. The predicted molar refractivity (Wildman–Crippen MR) is 260 cm³/mol. The fraction of sp³-hybridized carbons (Fsp3) is 0.527. The monoisotopic (exact) mass is 913 g/mol. The Kier molecular flexibility index (Phi) is 29.0. The second kappa shape index (κ2) is 34.9. The number of hydrogen-bond donors (Lipinski definition) is 1. The molecule has 1 N–H and O–H groups in total. The van der Waals surface area contributed by atoms with Gasteiger partial charge in [0.15, 0.2) is 0 Å². The fourth-order valence-electron chi connectivity index (χ4n) is 6.96. The van der Waals surface area contributed by atoms with Crippen molar-refractivity contribution in [2.75, 3.05) is 33.0 Å². The van der Waals surface area contributed by atoms with Crippen LogP contribution in [0.4, 0.5) is 0 Å². The summed E-state index contributed by atoms with van der Waals surface area (Å²) in [6.07, 6.45) is 20.9. The molecule has 0 radical (unpaired) electrons. The summed E-state index contributed by atoms with van der Waals surface area (Å²) < 4.78 is 32.7. The maximum absolute atomic E-state index is 12.6. The number of aryl methyl sites for hydroxylation is 1. The molecular formula is C55H76O11. The van der Waals surface area contributed by atoms with Gasteiger partial charge in [-0.05, 0) is 123 Å². The first-order chi connectivity index (χ1) is 32.2. The topological polar surface area (TPSA) is 144 Å². The van der Waals surface area contributed by atoms with Crippen molar-refractivity contribution < 1.29 is 52.7 Å². The summed E-state index contributed by atoms with van der Waals surface area (Å²) in [6, 6.07) is 25.7. The van der Waals surface area contributed by atoms with Crippen LogP contribution in [-0.2, 0) is 23.9 Å². The Bertz CT molecular complexity index is 1940. The number of carbonyl (C=O) groups excluding carboxylic acids is 4. The minimum Gasteiger partial charge on any atom is -0.494 e. The summed E-state index contributed by atoms with van der Waals surface area (Å²) in [7, 11) is 0. The minimum absolute atomic E-state index is 0.0237. The second-order valence-electron chi connectivity index (χ2n) is 16.7. The molecule has 4 aromatic rings. The number of unbranched alkanes of at least 4 members (excludes halogenated alkanes) is 15. The Labute approximate surface area is 393 Å². The van der Waals surface area contributed by atoms with Crippen molar-refractivity contribution in [1.82, 2.24) is 0 Å². The van der Waals surface area contributed by atoms with Crippen LogP contribution >= 0.6 is 0 Å². The van der Waals surface area contributed by atoms with Crippen molar-refractivity contribution in [1.29, 1.82) is 0 Å². The molecule has 0 aliphatic heterocycles. The van der Waals surface area contributed by atoms with E-state index in [1.807, 2.05) is 24.3 Å². The highest BCUT2D eigenvalue weighted by molar-refractivity contribution is 5.92. The van der Waals surface area contributed by atoms with Crippen LogP contribution < -0.4 is 18.9 Å². The molecule has 0 heterocycles. The summed E-state index contributed by atoms with van der Waals surface area (Å²) in [5.41, 5.74) is 1.68. The number of fused-ring (bicyclic) bond motifs is 1. The number of aliphatic hydroxyl groups is 1. The normalized spacial score (nSPS) is 10.7. The number of ether oxygens (including phenoxy) is 6. The van der Waals surface area contributed by atoms with Crippen LogP contribution in [0.25, 0.3) is 10.8 Å². The highest BCUT2D eigenvalue weighted by Crippen LogP contribution is 2.26. The van der Waals surface area contributed by atoms with Crippen LogP contribution in [0.1, 0.15) is 165 Å². The predicted octanol–water partition coefficient (Wildman–Crippen LogP) is 13.0. The van der Waals surface area contributed by atoms with Crippen LogP contribution in [0.2, 0.25) is 0 Å². The molecule has 0 saturated carbocycles. The smallest absolute Gasteiger partial charge is 0.343 e. The van der Waals surface area contributed by atoms with E-state index in [9.17, 15) is 19.2 Å². The van der Waals surface area contributed by atoms with E-state index >= 15 is 0 Å². The highest BCUT2D eigenvalue weighted by Gasteiger charge is 2.11. The Morgan fingerprint density at radius 3 is 1.33 bits per heavy atom. The van der Waals surface area contributed by atoms with E-state index < -0.39 is 5.97 Å². The molecule has 4 aromatic carbocycles. The molecule has 4 rings (SSSR count). The van der Waals surface area contributed by atoms with Gasteiger partial charge in [0.1, 0.15) is 23.0 Å². The van der Waals surface area contributed by atoms with Crippen LogP contribution in [0.3, 0.4) is 0 Å². The number of carbonyl (C=O) groups is 4. The van der Waals surface area contributed by atoms with Crippen molar-refractivity contribution in [3.05, 3.63) is 96.1 Å². The zero-order chi connectivity index (χ0) is 47.5. The van der Waals surface area contributed by atoms with E-state index in [2.05, 4.69) is 26.0 Å². The largest absolute Gasteiger partial charge is 0.494 e. The van der Waals surface area contributed by atoms with Gasteiger partial charge >= 0.3 is 23.9 Å². The molecule has 362 valence electrons. The first-order valence-electron chi connectivity index (χ1n) is 24.5. The van der Waals surface area contributed by atoms with Gasteiger partial charge in [0.2, 0.25) is 0 Å². The van der Waals surface area contributed by atoms with E-state index in [0.717, 1.165) is 113 Å². The average Bonchev–Trinajstić information content (AvgIpc) is 3.31. The molecule has 0 fully saturated rings. The third-order valence-electron chi connectivity index (χ3n) is 10.8.